The van der Waals surface area contributed by atoms with Crippen molar-refractivity contribution >= 4 is 0 Å². The van der Waals surface area contributed by atoms with Crippen molar-refractivity contribution in [3.05, 3.63) is 70.3 Å². The summed E-state index contributed by atoms with van der Waals surface area (Å²) in [4.78, 5) is 0. The van der Waals surface area contributed by atoms with E-state index in [0.29, 0.717) is 24.5 Å². The molecule has 0 radical (unpaired) electrons. The van der Waals surface area contributed by atoms with E-state index in [1.54, 1.807) is 0 Å². The molecule has 2 aromatic rings. The average molecular weight is 487 g/mol. The first-order chi connectivity index (χ1) is 16.0. The number of nitrogens with one attached hydrogen (secondary N) is 1. The molecule has 2 fully saturated rings. The van der Waals surface area contributed by atoms with Gasteiger partial charge in [-0.2, -0.15) is 26.3 Å². The van der Waals surface area contributed by atoms with E-state index in [1.807, 2.05) is 31.2 Å². The van der Waals surface area contributed by atoms with Crippen LogP contribution < -0.4 is 5.32 Å². The molecule has 34 heavy (non-hydrogen) atoms. The number of aliphatic hydroxyl groups is 1. The smallest absolute Gasteiger partial charge is 0.393 e. The summed E-state index contributed by atoms with van der Waals surface area (Å²) in [5, 5.41) is 13.4. The van der Waals surface area contributed by atoms with Crippen LogP contribution in [0.3, 0.4) is 0 Å². The molecular weight excluding hydrogens is 460 g/mol. The van der Waals surface area contributed by atoms with Gasteiger partial charge in [0.25, 0.3) is 0 Å². The molecule has 0 unspecified atom stereocenters. The first-order valence-electron chi connectivity index (χ1n) is 11.3. The summed E-state index contributed by atoms with van der Waals surface area (Å²) < 4.78 is 86.3. The third-order valence-electron chi connectivity index (χ3n) is 7.11. The van der Waals surface area contributed by atoms with Gasteiger partial charge in [0.05, 0.1) is 23.8 Å². The second-order valence-electron chi connectivity index (χ2n) is 9.23. The zero-order valence-corrected chi connectivity index (χ0v) is 18.6. The number of fused-ring (bicyclic) bond motifs is 1. The number of ether oxygens (including phenoxy) is 1. The van der Waals surface area contributed by atoms with Crippen molar-refractivity contribution in [2.75, 3.05) is 19.7 Å². The van der Waals surface area contributed by atoms with Crippen LogP contribution in [-0.4, -0.2) is 30.9 Å². The first kappa shape index (κ1) is 25.0. The van der Waals surface area contributed by atoms with Crippen LogP contribution in [0.2, 0.25) is 0 Å². The number of aliphatic hydroxyl groups excluding tert-OH is 1. The van der Waals surface area contributed by atoms with E-state index in [2.05, 4.69) is 5.32 Å². The zero-order valence-electron chi connectivity index (χ0n) is 18.6. The van der Waals surface area contributed by atoms with Crippen molar-refractivity contribution in [1.82, 2.24) is 5.32 Å². The molecule has 0 amide bonds. The van der Waals surface area contributed by atoms with Crippen molar-refractivity contribution in [2.45, 2.75) is 50.2 Å². The first-order valence-corrected chi connectivity index (χ1v) is 11.3. The second kappa shape index (κ2) is 9.51. The Balaban J connectivity index is 1.70. The van der Waals surface area contributed by atoms with Crippen LogP contribution in [0.5, 0.6) is 0 Å². The van der Waals surface area contributed by atoms with Crippen LogP contribution in [0.4, 0.5) is 26.3 Å². The molecule has 9 heteroatoms. The van der Waals surface area contributed by atoms with Crippen molar-refractivity contribution in [3.63, 3.8) is 0 Å². The Labute approximate surface area is 194 Å². The summed E-state index contributed by atoms with van der Waals surface area (Å²) in [6, 6.07) is 9.17. The fraction of sp³-hybridized carbons (Fsp3) is 0.520. The maximum atomic E-state index is 13.4. The highest BCUT2D eigenvalue weighted by molar-refractivity contribution is 5.36. The molecule has 2 aromatic carbocycles. The van der Waals surface area contributed by atoms with Crippen molar-refractivity contribution in [3.8, 4) is 0 Å². The highest BCUT2D eigenvalue weighted by atomic mass is 19.4. The van der Waals surface area contributed by atoms with Gasteiger partial charge >= 0.3 is 12.4 Å². The Morgan fingerprint density at radius 3 is 2.21 bits per heavy atom. The Morgan fingerprint density at radius 1 is 0.971 bits per heavy atom. The summed E-state index contributed by atoms with van der Waals surface area (Å²) in [5.74, 6) is 0.561. The van der Waals surface area contributed by atoms with Crippen molar-refractivity contribution in [2.24, 2.45) is 11.8 Å². The Morgan fingerprint density at radius 2 is 1.62 bits per heavy atom. The topological polar surface area (TPSA) is 41.5 Å². The molecule has 4 rings (SSSR count). The summed E-state index contributed by atoms with van der Waals surface area (Å²) in [5.41, 5.74) is -1.06. The molecule has 2 aliphatic rings. The minimum Gasteiger partial charge on any atom is -0.393 e. The van der Waals surface area contributed by atoms with E-state index >= 15 is 0 Å². The lowest BCUT2D eigenvalue weighted by Gasteiger charge is -2.42. The monoisotopic (exact) mass is 487 g/mol. The van der Waals surface area contributed by atoms with Crippen LogP contribution in [-0.2, 0) is 17.1 Å². The van der Waals surface area contributed by atoms with Gasteiger partial charge in [-0.1, -0.05) is 24.3 Å². The van der Waals surface area contributed by atoms with Gasteiger partial charge < -0.3 is 15.2 Å². The summed E-state index contributed by atoms with van der Waals surface area (Å²) in [6.45, 7) is 2.87. The molecule has 1 heterocycles. The van der Waals surface area contributed by atoms with Gasteiger partial charge in [0.1, 0.15) is 6.10 Å². The van der Waals surface area contributed by atoms with Crippen LogP contribution in [0.15, 0.2) is 42.5 Å². The highest BCUT2D eigenvalue weighted by Gasteiger charge is 2.45. The molecule has 1 aliphatic carbocycles. The van der Waals surface area contributed by atoms with Crippen LogP contribution in [0.1, 0.15) is 52.7 Å². The van der Waals surface area contributed by atoms with Crippen LogP contribution in [0.25, 0.3) is 0 Å². The summed E-state index contributed by atoms with van der Waals surface area (Å²) in [7, 11) is 0. The minimum absolute atomic E-state index is 0.0862. The Kier molecular flexibility index (Phi) is 6.99. The van der Waals surface area contributed by atoms with Gasteiger partial charge in [-0.15, -0.1) is 0 Å². The number of halogens is 6. The van der Waals surface area contributed by atoms with Gasteiger partial charge in [-0.25, -0.2) is 0 Å². The lowest BCUT2D eigenvalue weighted by molar-refractivity contribution is -0.143. The van der Waals surface area contributed by atoms with Crippen molar-refractivity contribution < 1.29 is 36.2 Å². The third kappa shape index (κ3) is 5.11. The molecule has 1 saturated heterocycles. The molecule has 5 atom stereocenters. The molecule has 0 bridgehead atoms. The molecule has 0 spiro atoms. The normalized spacial score (nSPS) is 26.4. The number of benzene rings is 2. The van der Waals surface area contributed by atoms with Gasteiger partial charge in [0.2, 0.25) is 0 Å². The predicted octanol–water partition coefficient (Wildman–Crippen LogP) is 5.86. The lowest BCUT2D eigenvalue weighted by atomic mass is 9.68. The molecule has 1 saturated carbocycles. The van der Waals surface area contributed by atoms with Crippen molar-refractivity contribution in [1.29, 1.82) is 0 Å². The number of hydrogen-bond acceptors (Lipinski definition) is 3. The van der Waals surface area contributed by atoms with Crippen LogP contribution in [0, 0.1) is 18.8 Å². The summed E-state index contributed by atoms with van der Waals surface area (Å²) >= 11 is 0. The van der Waals surface area contributed by atoms with E-state index in [0.717, 1.165) is 30.6 Å². The quantitative estimate of drug-likeness (QED) is 0.519. The largest absolute Gasteiger partial charge is 0.416 e. The number of hydrogen-bond donors (Lipinski definition) is 2. The van der Waals surface area contributed by atoms with Crippen LogP contribution >= 0.6 is 0 Å². The molecule has 1 aliphatic heterocycles. The van der Waals surface area contributed by atoms with E-state index in [1.165, 1.54) is 0 Å². The summed E-state index contributed by atoms with van der Waals surface area (Å²) in [6.07, 6.45) is -10.3. The maximum Gasteiger partial charge on any atom is 0.416 e. The standard InChI is InChI=1S/C25H27F6NO2/c1-14-4-2-3-5-19(14)23-20-12-32-11-15(20)6-7-21(23)34-22(13-33)16-8-17(24(26,27)28)10-18(9-16)25(29,30)31/h2-5,8-10,15,20-23,32-33H,6-7,11-13H2,1H3/t15-,20-,21+,22+,23+/m1/s1. The van der Waals surface area contributed by atoms with E-state index in [9.17, 15) is 31.4 Å². The number of aryl methyl sites for hydroxylation is 1. The number of alkyl halides is 6. The minimum atomic E-state index is -4.97. The Bertz CT molecular complexity index is 973. The zero-order chi connectivity index (χ0) is 24.7. The molecule has 2 N–H and O–H groups in total. The van der Waals surface area contributed by atoms with Gasteiger partial charge in [-0.3, -0.25) is 0 Å². The molecule has 186 valence electrons. The lowest BCUT2D eigenvalue weighted by Crippen LogP contribution is -2.39. The van der Waals surface area contributed by atoms with E-state index in [4.69, 9.17) is 4.74 Å². The van der Waals surface area contributed by atoms with E-state index in [-0.39, 0.29) is 23.5 Å². The van der Waals surface area contributed by atoms with Gasteiger partial charge in [0, 0.05) is 5.92 Å². The third-order valence-corrected chi connectivity index (χ3v) is 7.11. The van der Waals surface area contributed by atoms with Gasteiger partial charge in [0.15, 0.2) is 0 Å². The average Bonchev–Trinajstić information content (AvgIpc) is 3.25. The molecular formula is C25H27F6NO2. The molecule has 0 aromatic heterocycles. The second-order valence-corrected chi connectivity index (χ2v) is 9.23. The van der Waals surface area contributed by atoms with E-state index < -0.39 is 42.3 Å². The molecule has 3 nitrogen and oxygen atoms in total. The number of rotatable bonds is 5. The SMILES string of the molecule is Cc1ccccc1[C@H]1[C@@H]2CNC[C@H]2CC[C@@H]1O[C@@H](CO)c1cc(C(F)(F)F)cc(C(F)(F)F)c1. The highest BCUT2D eigenvalue weighted by Crippen LogP contribution is 2.47. The Hall–Kier alpha value is -2.10. The van der Waals surface area contributed by atoms with Gasteiger partial charge in [-0.05, 0) is 79.6 Å². The fourth-order valence-corrected chi connectivity index (χ4v) is 5.47. The predicted molar refractivity (Wildman–Crippen MR) is 114 cm³/mol. The maximum absolute atomic E-state index is 13.4. The fourth-order valence-electron chi connectivity index (χ4n) is 5.47.